The fourth-order valence-corrected chi connectivity index (χ4v) is 7.53. The van der Waals surface area contributed by atoms with Crippen molar-refractivity contribution in [2.75, 3.05) is 19.8 Å². The minimum atomic E-state index is -4.71. The Morgan fingerprint density at radius 1 is 0.517 bits per heavy atom. The van der Waals surface area contributed by atoms with Crippen molar-refractivity contribution in [1.82, 2.24) is 0 Å². The van der Waals surface area contributed by atoms with Gasteiger partial charge in [-0.3, -0.25) is 23.4 Å². The van der Waals surface area contributed by atoms with E-state index in [1.807, 2.05) is 0 Å². The number of carbonyl (C=O) groups excluding carboxylic acids is 2. The van der Waals surface area contributed by atoms with Crippen molar-refractivity contribution in [2.24, 2.45) is 5.73 Å². The molecule has 0 spiro atoms. The molecule has 0 aromatic rings. The smallest absolute Gasteiger partial charge is 0.472 e. The molecule has 0 rings (SSSR count). The van der Waals surface area contributed by atoms with E-state index >= 15 is 0 Å². The van der Waals surface area contributed by atoms with Gasteiger partial charge < -0.3 is 25.2 Å². The lowest BCUT2D eigenvalue weighted by Crippen LogP contribution is -2.34. The molecule has 0 aromatic heterocycles. The van der Waals surface area contributed by atoms with Gasteiger partial charge in [-0.05, 0) is 32.1 Å². The van der Waals surface area contributed by atoms with E-state index in [-0.39, 0.29) is 19.4 Å². The SMILES string of the molecule is CCCC/C=C/CCCCCCCCCCCC(=O)O[C@H](COC(=O)CCCCCCCCCCCCCCCCCCCCC)COP(=O)(O)OC[C@H](N)C(=O)O. The summed E-state index contributed by atoms with van der Waals surface area (Å²) >= 11 is 0. The fraction of sp³-hybridized carbons (Fsp3) is 0.891. The lowest BCUT2D eigenvalue weighted by atomic mass is 10.0. The third-order valence-corrected chi connectivity index (χ3v) is 11.5. The number of carbonyl (C=O) groups is 3. The molecule has 0 aliphatic carbocycles. The van der Waals surface area contributed by atoms with Crippen molar-refractivity contribution in [1.29, 1.82) is 0 Å². The number of phosphoric ester groups is 1. The maximum atomic E-state index is 12.6. The molecule has 0 bridgehead atoms. The van der Waals surface area contributed by atoms with E-state index in [1.54, 1.807) is 0 Å². The van der Waals surface area contributed by atoms with Crippen LogP contribution in [0.2, 0.25) is 0 Å². The van der Waals surface area contributed by atoms with Gasteiger partial charge in [0.1, 0.15) is 12.6 Å². The predicted molar refractivity (Wildman–Crippen MR) is 236 cm³/mol. The number of unbranched alkanes of at least 4 members (excludes halogenated alkanes) is 29. The lowest BCUT2D eigenvalue weighted by molar-refractivity contribution is -0.161. The van der Waals surface area contributed by atoms with Gasteiger partial charge in [0.15, 0.2) is 6.10 Å². The first-order valence-corrected chi connectivity index (χ1v) is 25.2. The van der Waals surface area contributed by atoms with Crippen LogP contribution in [0.25, 0.3) is 0 Å². The zero-order valence-corrected chi connectivity index (χ0v) is 38.1. The van der Waals surface area contributed by atoms with Crippen LogP contribution < -0.4 is 5.73 Å². The number of carboxylic acid groups (broad SMARTS) is 1. The number of esters is 2. The quantitative estimate of drug-likeness (QED) is 0.0230. The molecule has 0 aliphatic rings. The Hall–Kier alpha value is -1.78. The molecule has 0 radical (unpaired) electrons. The second kappa shape index (κ2) is 41.9. The molecule has 3 atom stereocenters. The van der Waals surface area contributed by atoms with Crippen LogP contribution in [0.5, 0.6) is 0 Å². The Balaban J connectivity index is 4.25. The molecule has 58 heavy (non-hydrogen) atoms. The van der Waals surface area contributed by atoms with Crippen LogP contribution in [0.15, 0.2) is 12.2 Å². The van der Waals surface area contributed by atoms with Gasteiger partial charge in [-0.2, -0.15) is 0 Å². The molecule has 342 valence electrons. The van der Waals surface area contributed by atoms with Crippen LogP contribution in [-0.4, -0.2) is 59.9 Å². The van der Waals surface area contributed by atoms with Gasteiger partial charge in [0.2, 0.25) is 0 Å². The summed E-state index contributed by atoms with van der Waals surface area (Å²) in [6.45, 7) is 2.81. The molecule has 0 saturated heterocycles. The van der Waals surface area contributed by atoms with Gasteiger partial charge in [-0.25, -0.2) is 4.57 Å². The Kier molecular flexibility index (Phi) is 40.6. The van der Waals surface area contributed by atoms with Gasteiger partial charge in [-0.1, -0.05) is 199 Å². The number of hydrogen-bond donors (Lipinski definition) is 3. The van der Waals surface area contributed by atoms with Crippen LogP contribution in [0, 0.1) is 0 Å². The second-order valence-electron chi connectivity index (χ2n) is 16.2. The van der Waals surface area contributed by atoms with Crippen LogP contribution >= 0.6 is 7.82 Å². The largest absolute Gasteiger partial charge is 0.480 e. The van der Waals surface area contributed by atoms with Gasteiger partial charge in [0.05, 0.1) is 13.2 Å². The summed E-state index contributed by atoms with van der Waals surface area (Å²) in [7, 11) is -4.71. The maximum Gasteiger partial charge on any atom is 0.472 e. The molecule has 0 fully saturated rings. The minimum Gasteiger partial charge on any atom is -0.480 e. The highest BCUT2D eigenvalue weighted by Gasteiger charge is 2.28. The monoisotopic (exact) mass is 846 g/mol. The summed E-state index contributed by atoms with van der Waals surface area (Å²) in [5.41, 5.74) is 5.34. The second-order valence-corrected chi connectivity index (χ2v) is 17.7. The summed E-state index contributed by atoms with van der Waals surface area (Å²) in [6, 6.07) is -1.52. The Bertz CT molecular complexity index is 1040. The number of ether oxygens (including phenoxy) is 2. The van der Waals surface area contributed by atoms with Crippen molar-refractivity contribution in [3.8, 4) is 0 Å². The first-order valence-electron chi connectivity index (χ1n) is 23.7. The van der Waals surface area contributed by atoms with Crippen LogP contribution in [0.1, 0.15) is 232 Å². The number of nitrogens with two attached hydrogens (primary N) is 1. The zero-order chi connectivity index (χ0) is 42.8. The summed E-state index contributed by atoms with van der Waals surface area (Å²) in [4.78, 5) is 46.0. The Labute approximate surface area is 354 Å². The molecule has 0 saturated carbocycles. The van der Waals surface area contributed by atoms with Crippen molar-refractivity contribution < 1.29 is 47.5 Å². The van der Waals surface area contributed by atoms with Crippen molar-refractivity contribution in [2.45, 2.75) is 244 Å². The molecule has 1 unspecified atom stereocenters. The van der Waals surface area contributed by atoms with Crippen molar-refractivity contribution >= 4 is 25.7 Å². The number of rotatable bonds is 45. The third kappa shape index (κ3) is 41.0. The molecule has 0 aliphatic heterocycles. The third-order valence-electron chi connectivity index (χ3n) is 10.5. The molecule has 4 N–H and O–H groups in total. The molecule has 12 heteroatoms. The topological polar surface area (TPSA) is 172 Å². The number of allylic oxidation sites excluding steroid dienone is 2. The van der Waals surface area contributed by atoms with E-state index in [0.717, 1.165) is 38.5 Å². The van der Waals surface area contributed by atoms with Crippen LogP contribution in [0.4, 0.5) is 0 Å². The van der Waals surface area contributed by atoms with E-state index < -0.39 is 51.1 Å². The Morgan fingerprint density at radius 2 is 0.879 bits per heavy atom. The molecule has 11 nitrogen and oxygen atoms in total. The summed E-state index contributed by atoms with van der Waals surface area (Å²) in [6.07, 6.45) is 42.7. The highest BCUT2D eigenvalue weighted by molar-refractivity contribution is 7.47. The molecular weight excluding hydrogens is 757 g/mol. The highest BCUT2D eigenvalue weighted by atomic mass is 31.2. The van der Waals surface area contributed by atoms with Crippen molar-refractivity contribution in [3.63, 3.8) is 0 Å². The normalized spacial score (nSPS) is 13.7. The number of phosphoric acid groups is 1. The maximum absolute atomic E-state index is 12.6. The van der Waals surface area contributed by atoms with Gasteiger partial charge in [0.25, 0.3) is 0 Å². The molecule has 0 aromatic carbocycles. The van der Waals surface area contributed by atoms with Crippen LogP contribution in [-0.2, 0) is 37.5 Å². The first-order chi connectivity index (χ1) is 28.1. The van der Waals surface area contributed by atoms with Gasteiger partial charge >= 0.3 is 25.7 Å². The fourth-order valence-electron chi connectivity index (χ4n) is 6.75. The first kappa shape index (κ1) is 56.2. The van der Waals surface area contributed by atoms with Crippen molar-refractivity contribution in [3.05, 3.63) is 12.2 Å². The van der Waals surface area contributed by atoms with E-state index in [0.29, 0.717) is 12.8 Å². The molecule has 0 heterocycles. The van der Waals surface area contributed by atoms with E-state index in [2.05, 4.69) is 30.5 Å². The summed E-state index contributed by atoms with van der Waals surface area (Å²) in [5, 5.41) is 8.90. The average Bonchev–Trinajstić information content (AvgIpc) is 3.20. The van der Waals surface area contributed by atoms with Gasteiger partial charge in [0, 0.05) is 12.8 Å². The Morgan fingerprint density at radius 3 is 1.31 bits per heavy atom. The molecular formula is C46H88NO10P. The van der Waals surface area contributed by atoms with E-state index in [1.165, 1.54) is 154 Å². The number of carboxylic acids is 1. The standard InChI is InChI=1S/C46H88NO10P/c1-3-5-7-9-11-13-15-17-19-20-21-22-24-25-27-29-31-33-35-37-44(48)54-39-42(40-55-58(52,53)56-41-43(47)46(50)51)57-45(49)38-36-34-32-30-28-26-23-18-16-14-12-10-8-6-4-2/h10,12,42-43H,3-9,11,13-41,47H2,1-2H3,(H,50,51)(H,52,53)/b12-10+/t42-,43+/m1/s1. The highest BCUT2D eigenvalue weighted by Crippen LogP contribution is 2.43. The molecule has 0 amide bonds. The minimum absolute atomic E-state index is 0.163. The van der Waals surface area contributed by atoms with Gasteiger partial charge in [-0.15, -0.1) is 0 Å². The predicted octanol–water partition coefficient (Wildman–Crippen LogP) is 12.8. The van der Waals surface area contributed by atoms with E-state index in [9.17, 15) is 23.8 Å². The zero-order valence-electron chi connectivity index (χ0n) is 37.2. The lowest BCUT2D eigenvalue weighted by Gasteiger charge is -2.20. The summed E-state index contributed by atoms with van der Waals surface area (Å²) < 4.78 is 32.8. The average molecular weight is 846 g/mol. The van der Waals surface area contributed by atoms with E-state index in [4.69, 9.17) is 24.8 Å². The van der Waals surface area contributed by atoms with Crippen LogP contribution in [0.3, 0.4) is 0 Å². The number of aliphatic carboxylic acids is 1. The summed E-state index contributed by atoms with van der Waals surface area (Å²) in [5.74, 6) is -2.36. The number of hydrogen-bond acceptors (Lipinski definition) is 9.